The van der Waals surface area contributed by atoms with E-state index in [0.29, 0.717) is 0 Å². The molecule has 3 heterocycles. The highest BCUT2D eigenvalue weighted by Gasteiger charge is 2.21. The summed E-state index contributed by atoms with van der Waals surface area (Å²) in [4.78, 5) is 5.06. The number of benzene rings is 9. The van der Waals surface area contributed by atoms with Crippen molar-refractivity contribution in [2.24, 2.45) is 0 Å². The van der Waals surface area contributed by atoms with Gasteiger partial charge in [-0.15, -0.1) is 0 Å². The third-order valence-electron chi connectivity index (χ3n) is 11.8. The Morgan fingerprint density at radius 1 is 0.373 bits per heavy atom. The van der Waals surface area contributed by atoms with Crippen LogP contribution < -0.4 is 0 Å². The highest BCUT2D eigenvalue weighted by molar-refractivity contribution is 6.16. The average molecular weight is 754 g/mol. The summed E-state index contributed by atoms with van der Waals surface area (Å²) in [7, 11) is 0. The van der Waals surface area contributed by atoms with Gasteiger partial charge in [-0.3, -0.25) is 4.57 Å². The zero-order chi connectivity index (χ0) is 38.9. The summed E-state index contributed by atoms with van der Waals surface area (Å²) in [6.45, 7) is 0. The van der Waals surface area contributed by atoms with Gasteiger partial charge in [-0.05, 0) is 81.9 Å². The minimum absolute atomic E-state index is 0.858. The molecule has 0 atom stereocenters. The number of aromatic nitrogens is 3. The molecule has 4 nitrogen and oxygen atoms in total. The largest absolute Gasteiger partial charge is 0.454 e. The molecule has 0 spiro atoms. The van der Waals surface area contributed by atoms with Crippen LogP contribution in [0.2, 0.25) is 0 Å². The summed E-state index contributed by atoms with van der Waals surface area (Å²) in [5, 5.41) is 4.59. The van der Waals surface area contributed by atoms with Crippen molar-refractivity contribution in [2.75, 3.05) is 0 Å². The Morgan fingerprint density at radius 2 is 0.949 bits per heavy atom. The molecule has 12 rings (SSSR count). The van der Waals surface area contributed by atoms with Crippen LogP contribution in [0.25, 0.3) is 111 Å². The summed E-state index contributed by atoms with van der Waals surface area (Å²) in [6.07, 6.45) is 0. The van der Waals surface area contributed by atoms with Crippen molar-refractivity contribution in [3.05, 3.63) is 212 Å². The molecule has 9 aromatic carbocycles. The molecule has 0 saturated carbocycles. The van der Waals surface area contributed by atoms with Crippen LogP contribution in [-0.2, 0) is 0 Å². The maximum absolute atomic E-state index is 6.96. The molecular formula is C55H35N3O. The maximum atomic E-state index is 6.96. The lowest BCUT2D eigenvalue weighted by Gasteiger charge is -2.12. The van der Waals surface area contributed by atoms with Crippen LogP contribution in [0.1, 0.15) is 0 Å². The molecular weight excluding hydrogens is 719 g/mol. The SMILES string of the molecule is c1ccc(-c2ccc3c4ccc(-c5ccccc5)cc4n(-c4cccc5c4oc4cccc(-c6ccc(-n7c(-c8ccccc8)nc8ccccc87)cc6)c45)c3c2)cc1. The van der Waals surface area contributed by atoms with E-state index in [0.717, 1.165) is 77.9 Å². The fourth-order valence-electron chi connectivity index (χ4n) is 9.01. The fourth-order valence-corrected chi connectivity index (χ4v) is 9.01. The fraction of sp³-hybridized carbons (Fsp3) is 0. The molecule has 0 amide bonds. The Hall–Kier alpha value is -7.95. The van der Waals surface area contributed by atoms with Gasteiger partial charge in [0.25, 0.3) is 0 Å². The minimum Gasteiger partial charge on any atom is -0.454 e. The summed E-state index contributed by atoms with van der Waals surface area (Å²) in [5.74, 6) is 0.923. The van der Waals surface area contributed by atoms with Gasteiger partial charge < -0.3 is 8.98 Å². The second-order valence-corrected chi connectivity index (χ2v) is 15.1. The van der Waals surface area contributed by atoms with E-state index in [1.54, 1.807) is 0 Å². The van der Waals surface area contributed by atoms with E-state index in [-0.39, 0.29) is 0 Å². The molecule has 0 aliphatic rings. The molecule has 0 radical (unpaired) electrons. The van der Waals surface area contributed by atoms with Crippen LogP contribution in [0, 0.1) is 0 Å². The van der Waals surface area contributed by atoms with Crippen LogP contribution in [-0.4, -0.2) is 14.1 Å². The van der Waals surface area contributed by atoms with Crippen molar-refractivity contribution >= 4 is 54.8 Å². The third kappa shape index (κ3) is 5.34. The van der Waals surface area contributed by atoms with Gasteiger partial charge in [-0.1, -0.05) is 164 Å². The second kappa shape index (κ2) is 13.3. The van der Waals surface area contributed by atoms with Crippen LogP contribution in [0.15, 0.2) is 217 Å². The van der Waals surface area contributed by atoms with Gasteiger partial charge >= 0.3 is 0 Å². The zero-order valence-corrected chi connectivity index (χ0v) is 32.0. The van der Waals surface area contributed by atoms with Gasteiger partial charge in [0.2, 0.25) is 0 Å². The Morgan fingerprint density at radius 3 is 1.61 bits per heavy atom. The molecule has 0 aliphatic heterocycles. The summed E-state index contributed by atoms with van der Waals surface area (Å²) < 4.78 is 11.6. The Balaban J connectivity index is 1.05. The highest BCUT2D eigenvalue weighted by Crippen LogP contribution is 2.43. The van der Waals surface area contributed by atoms with Gasteiger partial charge in [0.15, 0.2) is 5.58 Å². The molecule has 0 bridgehead atoms. The van der Waals surface area contributed by atoms with E-state index < -0.39 is 0 Å². The number of imidazole rings is 1. The average Bonchev–Trinajstić information content (AvgIpc) is 3.99. The topological polar surface area (TPSA) is 35.9 Å². The molecule has 4 heteroatoms. The monoisotopic (exact) mass is 753 g/mol. The van der Waals surface area contributed by atoms with Crippen molar-refractivity contribution in [1.29, 1.82) is 0 Å². The van der Waals surface area contributed by atoms with E-state index in [4.69, 9.17) is 9.40 Å². The van der Waals surface area contributed by atoms with E-state index in [9.17, 15) is 0 Å². The molecule has 0 N–H and O–H groups in total. The lowest BCUT2D eigenvalue weighted by atomic mass is 9.99. The summed E-state index contributed by atoms with van der Waals surface area (Å²) in [6, 6.07) is 75.5. The first kappa shape index (κ1) is 33.2. The molecule has 0 saturated heterocycles. The van der Waals surface area contributed by atoms with Gasteiger partial charge in [0.05, 0.1) is 27.8 Å². The molecule has 0 aliphatic carbocycles. The Kier molecular flexibility index (Phi) is 7.50. The Labute approximate surface area is 340 Å². The van der Waals surface area contributed by atoms with Crippen LogP contribution in [0.4, 0.5) is 0 Å². The normalized spacial score (nSPS) is 11.7. The van der Waals surface area contributed by atoms with Crippen LogP contribution in [0.3, 0.4) is 0 Å². The van der Waals surface area contributed by atoms with E-state index >= 15 is 0 Å². The molecule has 276 valence electrons. The molecule has 3 aromatic heterocycles. The predicted molar refractivity (Wildman–Crippen MR) is 244 cm³/mol. The predicted octanol–water partition coefficient (Wildman–Crippen LogP) is 14.7. The van der Waals surface area contributed by atoms with Crippen molar-refractivity contribution in [3.8, 4) is 56.1 Å². The Bertz CT molecular complexity index is 3430. The molecule has 0 fully saturated rings. The second-order valence-electron chi connectivity index (χ2n) is 15.1. The van der Waals surface area contributed by atoms with Crippen LogP contribution in [0.5, 0.6) is 0 Å². The first-order chi connectivity index (χ1) is 29.3. The highest BCUT2D eigenvalue weighted by atomic mass is 16.3. The minimum atomic E-state index is 0.858. The lowest BCUT2D eigenvalue weighted by Crippen LogP contribution is -1.97. The number of fused-ring (bicyclic) bond motifs is 7. The smallest absolute Gasteiger partial charge is 0.159 e. The van der Waals surface area contributed by atoms with E-state index in [2.05, 4.69) is 209 Å². The van der Waals surface area contributed by atoms with Gasteiger partial charge in [0, 0.05) is 32.8 Å². The molecule has 12 aromatic rings. The van der Waals surface area contributed by atoms with Crippen molar-refractivity contribution in [2.45, 2.75) is 0 Å². The van der Waals surface area contributed by atoms with Gasteiger partial charge in [-0.25, -0.2) is 4.98 Å². The number of furan rings is 1. The number of hydrogen-bond acceptors (Lipinski definition) is 2. The molecule has 0 unspecified atom stereocenters. The zero-order valence-electron chi connectivity index (χ0n) is 32.0. The van der Waals surface area contributed by atoms with Crippen molar-refractivity contribution in [3.63, 3.8) is 0 Å². The summed E-state index contributed by atoms with van der Waals surface area (Å²) >= 11 is 0. The first-order valence-corrected chi connectivity index (χ1v) is 20.0. The number of hydrogen-bond donors (Lipinski definition) is 0. The van der Waals surface area contributed by atoms with Gasteiger partial charge in [-0.2, -0.15) is 0 Å². The summed E-state index contributed by atoms with van der Waals surface area (Å²) in [5.41, 5.74) is 16.2. The number of rotatable bonds is 6. The third-order valence-corrected chi connectivity index (χ3v) is 11.8. The van der Waals surface area contributed by atoms with E-state index in [1.807, 2.05) is 12.1 Å². The lowest BCUT2D eigenvalue weighted by molar-refractivity contribution is 0.666. The number of nitrogens with zero attached hydrogens (tertiary/aromatic N) is 3. The van der Waals surface area contributed by atoms with Crippen molar-refractivity contribution in [1.82, 2.24) is 14.1 Å². The van der Waals surface area contributed by atoms with Gasteiger partial charge in [0.1, 0.15) is 11.4 Å². The number of para-hydroxylation sites is 3. The van der Waals surface area contributed by atoms with E-state index in [1.165, 1.54) is 33.0 Å². The quantitative estimate of drug-likeness (QED) is 0.169. The van der Waals surface area contributed by atoms with Crippen molar-refractivity contribution < 1.29 is 4.42 Å². The molecule has 59 heavy (non-hydrogen) atoms. The van der Waals surface area contributed by atoms with Crippen LogP contribution >= 0.6 is 0 Å². The first-order valence-electron chi connectivity index (χ1n) is 20.0. The standard InChI is InChI=1S/C55H35N3O/c1-4-14-36(15-5-1)40-28-32-44-45-33-29-41(37-16-6-2-7-17-37)35-51(45)58(50(44)34-40)49-24-12-21-46-53-43(20-13-25-52(53)59-54(46)49)38-26-30-42(31-27-38)57-48-23-11-10-22-47(48)56-55(57)39-18-8-3-9-19-39/h1-35H. The maximum Gasteiger partial charge on any atom is 0.159 e.